The van der Waals surface area contributed by atoms with Gasteiger partial charge >= 0.3 is 5.97 Å². The number of aromatic nitrogens is 4. The second-order valence-corrected chi connectivity index (χ2v) is 4.92. The van der Waals surface area contributed by atoms with Gasteiger partial charge in [-0.05, 0) is 31.2 Å². The molecule has 24 heavy (non-hydrogen) atoms. The van der Waals surface area contributed by atoms with Crippen molar-refractivity contribution in [1.82, 2.24) is 19.9 Å². The highest BCUT2D eigenvalue weighted by atomic mass is 16.5. The zero-order valence-corrected chi connectivity index (χ0v) is 13.3. The lowest BCUT2D eigenvalue weighted by Gasteiger charge is -2.06. The van der Waals surface area contributed by atoms with E-state index in [1.807, 2.05) is 12.1 Å². The van der Waals surface area contributed by atoms with Gasteiger partial charge in [-0.15, -0.1) is 0 Å². The average Bonchev–Trinajstić information content (AvgIpc) is 3.23. The van der Waals surface area contributed by atoms with Gasteiger partial charge in [0.1, 0.15) is 5.75 Å². The molecule has 0 N–H and O–H groups in total. The molecule has 124 valence electrons. The fourth-order valence-electron chi connectivity index (χ4n) is 2.01. The minimum atomic E-state index is -0.400. The second-order valence-electron chi connectivity index (χ2n) is 4.92. The van der Waals surface area contributed by atoms with Gasteiger partial charge in [-0.2, -0.15) is 10.1 Å². The maximum absolute atomic E-state index is 11.6. The van der Waals surface area contributed by atoms with Crippen molar-refractivity contribution in [3.05, 3.63) is 48.1 Å². The van der Waals surface area contributed by atoms with Crippen LogP contribution in [0.25, 0.3) is 11.4 Å². The van der Waals surface area contributed by atoms with Gasteiger partial charge in [0.05, 0.1) is 18.4 Å². The summed E-state index contributed by atoms with van der Waals surface area (Å²) in [6.45, 7) is 4.00. The van der Waals surface area contributed by atoms with Gasteiger partial charge < -0.3 is 14.0 Å². The molecule has 0 bridgehead atoms. The molecule has 0 atom stereocenters. The first-order valence-electron chi connectivity index (χ1n) is 7.39. The average molecular weight is 328 g/mol. The molecule has 0 spiro atoms. The molecule has 0 amide bonds. The van der Waals surface area contributed by atoms with Gasteiger partial charge in [-0.3, -0.25) is 0 Å². The van der Waals surface area contributed by atoms with Crippen molar-refractivity contribution in [3.63, 3.8) is 0 Å². The van der Waals surface area contributed by atoms with E-state index in [2.05, 4.69) is 15.2 Å². The van der Waals surface area contributed by atoms with E-state index in [1.54, 1.807) is 32.2 Å². The van der Waals surface area contributed by atoms with Crippen molar-refractivity contribution >= 4 is 5.97 Å². The lowest BCUT2D eigenvalue weighted by atomic mass is 10.2. The first kappa shape index (κ1) is 15.7. The van der Waals surface area contributed by atoms with E-state index in [1.165, 1.54) is 10.9 Å². The smallest absolute Gasteiger partial charge is 0.341 e. The Morgan fingerprint density at radius 2 is 2.08 bits per heavy atom. The maximum Gasteiger partial charge on any atom is 0.341 e. The summed E-state index contributed by atoms with van der Waals surface area (Å²) < 4.78 is 17.0. The topological polar surface area (TPSA) is 92.3 Å². The summed E-state index contributed by atoms with van der Waals surface area (Å²) in [7, 11) is 0. The minimum Gasteiger partial charge on any atom is -0.471 e. The molecule has 0 aliphatic rings. The summed E-state index contributed by atoms with van der Waals surface area (Å²) in [4.78, 5) is 15.7. The van der Waals surface area contributed by atoms with Crippen LogP contribution in [0.2, 0.25) is 0 Å². The summed E-state index contributed by atoms with van der Waals surface area (Å²) in [5.74, 6) is 1.31. The Kier molecular flexibility index (Phi) is 4.55. The molecule has 0 saturated heterocycles. The number of rotatable bonds is 6. The van der Waals surface area contributed by atoms with Crippen LogP contribution in [0.15, 0.2) is 41.2 Å². The first-order valence-corrected chi connectivity index (χ1v) is 7.39. The van der Waals surface area contributed by atoms with Crippen LogP contribution in [-0.4, -0.2) is 32.5 Å². The Hall–Kier alpha value is -3.16. The maximum atomic E-state index is 11.6. The number of carbonyl (C=O) groups is 1. The molecule has 2 aromatic heterocycles. The van der Waals surface area contributed by atoms with E-state index in [0.29, 0.717) is 29.6 Å². The highest BCUT2D eigenvalue weighted by molar-refractivity contribution is 5.88. The standard InChI is InChI=1S/C16H16N4O4/c1-3-22-16(21)13-8-17-20(9-13)10-23-14-6-4-12(5-7-14)15-18-11(2)24-19-15/h4-9H,3,10H2,1-2H3. The molecular formula is C16H16N4O4. The number of nitrogens with zero attached hydrogens (tertiary/aromatic N) is 4. The van der Waals surface area contributed by atoms with Crippen LogP contribution in [0.4, 0.5) is 0 Å². The molecule has 0 unspecified atom stereocenters. The van der Waals surface area contributed by atoms with Gasteiger partial charge in [0, 0.05) is 18.7 Å². The Labute approximate surface area is 138 Å². The number of benzene rings is 1. The summed E-state index contributed by atoms with van der Waals surface area (Å²) in [5, 5.41) is 7.92. The quantitative estimate of drug-likeness (QED) is 0.642. The van der Waals surface area contributed by atoms with E-state index >= 15 is 0 Å². The predicted molar refractivity (Wildman–Crippen MR) is 83.3 cm³/mol. The molecule has 8 heteroatoms. The molecule has 8 nitrogen and oxygen atoms in total. The fourth-order valence-corrected chi connectivity index (χ4v) is 2.01. The molecular weight excluding hydrogens is 312 g/mol. The van der Waals surface area contributed by atoms with E-state index in [-0.39, 0.29) is 6.73 Å². The van der Waals surface area contributed by atoms with E-state index in [9.17, 15) is 4.79 Å². The van der Waals surface area contributed by atoms with Crippen molar-refractivity contribution in [2.24, 2.45) is 0 Å². The largest absolute Gasteiger partial charge is 0.471 e. The third kappa shape index (κ3) is 3.60. The van der Waals surface area contributed by atoms with Gasteiger partial charge in [0.2, 0.25) is 11.7 Å². The van der Waals surface area contributed by atoms with Gasteiger partial charge in [0.15, 0.2) is 6.73 Å². The third-order valence-corrected chi connectivity index (χ3v) is 3.15. The molecule has 3 rings (SSSR count). The Balaban J connectivity index is 1.60. The van der Waals surface area contributed by atoms with Gasteiger partial charge in [-0.25, -0.2) is 9.48 Å². The second kappa shape index (κ2) is 6.95. The van der Waals surface area contributed by atoms with Crippen molar-refractivity contribution in [3.8, 4) is 17.1 Å². The third-order valence-electron chi connectivity index (χ3n) is 3.15. The van der Waals surface area contributed by atoms with Crippen molar-refractivity contribution in [2.75, 3.05) is 6.61 Å². The van der Waals surface area contributed by atoms with Crippen molar-refractivity contribution in [1.29, 1.82) is 0 Å². The van der Waals surface area contributed by atoms with Gasteiger partial charge in [0.25, 0.3) is 0 Å². The number of carbonyl (C=O) groups excluding carboxylic acids is 1. The highest BCUT2D eigenvalue weighted by Crippen LogP contribution is 2.20. The van der Waals surface area contributed by atoms with Crippen LogP contribution in [0.1, 0.15) is 23.2 Å². The number of hydrogen-bond acceptors (Lipinski definition) is 7. The van der Waals surface area contributed by atoms with Gasteiger partial charge in [-0.1, -0.05) is 5.16 Å². The normalized spacial score (nSPS) is 10.6. The van der Waals surface area contributed by atoms with Crippen LogP contribution in [0.3, 0.4) is 0 Å². The summed E-state index contributed by atoms with van der Waals surface area (Å²) in [5.41, 5.74) is 1.23. The highest BCUT2D eigenvalue weighted by Gasteiger charge is 2.09. The number of hydrogen-bond donors (Lipinski definition) is 0. The molecule has 0 aliphatic carbocycles. The van der Waals surface area contributed by atoms with E-state index in [0.717, 1.165) is 5.56 Å². The number of esters is 1. The molecule has 3 aromatic rings. The van der Waals surface area contributed by atoms with Crippen LogP contribution < -0.4 is 4.74 Å². The van der Waals surface area contributed by atoms with Crippen LogP contribution in [-0.2, 0) is 11.5 Å². The van der Waals surface area contributed by atoms with Crippen LogP contribution in [0.5, 0.6) is 5.75 Å². The molecule has 2 heterocycles. The lowest BCUT2D eigenvalue weighted by Crippen LogP contribution is -2.06. The van der Waals surface area contributed by atoms with E-state index in [4.69, 9.17) is 14.0 Å². The molecule has 0 radical (unpaired) electrons. The summed E-state index contributed by atoms with van der Waals surface area (Å²) in [6.07, 6.45) is 3.03. The SMILES string of the molecule is CCOC(=O)c1cnn(COc2ccc(-c3noc(C)n3)cc2)c1. The van der Waals surface area contributed by atoms with E-state index < -0.39 is 5.97 Å². The zero-order chi connectivity index (χ0) is 16.9. The molecule has 0 aliphatic heterocycles. The lowest BCUT2D eigenvalue weighted by molar-refractivity contribution is 0.0526. The zero-order valence-electron chi connectivity index (χ0n) is 13.3. The summed E-state index contributed by atoms with van der Waals surface area (Å²) >= 11 is 0. The Morgan fingerprint density at radius 1 is 1.29 bits per heavy atom. The Morgan fingerprint density at radius 3 is 2.75 bits per heavy atom. The number of aryl methyl sites for hydroxylation is 1. The fraction of sp³-hybridized carbons (Fsp3) is 0.250. The monoisotopic (exact) mass is 328 g/mol. The van der Waals surface area contributed by atoms with Crippen molar-refractivity contribution < 1.29 is 18.8 Å². The summed E-state index contributed by atoms with van der Waals surface area (Å²) in [6, 6.07) is 7.28. The molecule has 0 fully saturated rings. The Bertz CT molecular complexity index is 823. The number of ether oxygens (including phenoxy) is 2. The predicted octanol–water partition coefficient (Wildman–Crippen LogP) is 2.45. The van der Waals surface area contributed by atoms with Crippen LogP contribution in [0, 0.1) is 6.92 Å². The van der Waals surface area contributed by atoms with Crippen LogP contribution >= 0.6 is 0 Å². The first-order chi connectivity index (χ1) is 11.7. The van der Waals surface area contributed by atoms with Crippen molar-refractivity contribution in [2.45, 2.75) is 20.6 Å². The molecule has 1 aromatic carbocycles. The molecule has 0 saturated carbocycles. The minimum absolute atomic E-state index is 0.181.